The zero-order valence-electron chi connectivity index (χ0n) is 30.8. The van der Waals surface area contributed by atoms with Crippen LogP contribution in [0.4, 0.5) is 0 Å². The zero-order valence-corrected chi connectivity index (χ0v) is 30.8. The zero-order chi connectivity index (χ0) is 37.7. The molecule has 0 bridgehead atoms. The summed E-state index contributed by atoms with van der Waals surface area (Å²) in [4.78, 5) is 14.8. The maximum Gasteiger partial charge on any atom is 0.164 e. The Bertz CT molecular complexity index is 3240. The molecule has 0 fully saturated rings. The molecule has 11 rings (SSSR count). The standard InChI is InChI=1S/C53H33N3O/c1-3-14-34(15-4-1)51-54-52(35-16-5-2-6-17-35)56-53(55-51)42-23-13-22-40(32-42)38-20-11-18-36(30-38)37-19-12-21-39(31-37)41-28-29-48-47(33-41)49-45-26-9-7-24-43(45)44-25-8-10-27-46(44)50(49)57-48/h1-33H. The van der Waals surface area contributed by atoms with E-state index in [1.54, 1.807) is 0 Å². The third kappa shape index (κ3) is 5.83. The third-order valence-corrected chi connectivity index (χ3v) is 10.9. The van der Waals surface area contributed by atoms with Crippen molar-refractivity contribution < 1.29 is 4.42 Å². The van der Waals surface area contributed by atoms with E-state index in [-0.39, 0.29) is 0 Å². The highest BCUT2D eigenvalue weighted by Gasteiger charge is 2.17. The summed E-state index contributed by atoms with van der Waals surface area (Å²) in [6.45, 7) is 0. The maximum absolute atomic E-state index is 6.59. The van der Waals surface area contributed by atoms with Crippen LogP contribution in [0.15, 0.2) is 205 Å². The van der Waals surface area contributed by atoms with E-state index in [0.29, 0.717) is 17.5 Å². The molecule has 4 heteroatoms. The van der Waals surface area contributed by atoms with Crippen LogP contribution >= 0.6 is 0 Å². The maximum atomic E-state index is 6.59. The van der Waals surface area contributed by atoms with E-state index < -0.39 is 0 Å². The minimum atomic E-state index is 0.636. The summed E-state index contributed by atoms with van der Waals surface area (Å²) >= 11 is 0. The highest BCUT2D eigenvalue weighted by molar-refractivity contribution is 6.30. The number of benzene rings is 9. The van der Waals surface area contributed by atoms with Gasteiger partial charge in [0.2, 0.25) is 0 Å². The van der Waals surface area contributed by atoms with Crippen molar-refractivity contribution in [1.29, 1.82) is 0 Å². The van der Waals surface area contributed by atoms with Crippen LogP contribution in [0.2, 0.25) is 0 Å². The molecular formula is C53H33N3O. The molecule has 4 nitrogen and oxygen atoms in total. The Kier molecular flexibility index (Phi) is 7.78. The first-order valence-electron chi connectivity index (χ1n) is 19.2. The molecule has 57 heavy (non-hydrogen) atoms. The van der Waals surface area contributed by atoms with Gasteiger partial charge in [0.15, 0.2) is 17.5 Å². The van der Waals surface area contributed by atoms with Crippen molar-refractivity contribution >= 4 is 43.5 Å². The minimum Gasteiger partial charge on any atom is -0.455 e. The Morgan fingerprint density at radius 3 is 1.19 bits per heavy atom. The summed E-state index contributed by atoms with van der Waals surface area (Å²) in [5.41, 5.74) is 11.5. The Morgan fingerprint density at radius 2 is 0.649 bits per heavy atom. The predicted octanol–water partition coefficient (Wildman–Crippen LogP) is 14.1. The van der Waals surface area contributed by atoms with Crippen molar-refractivity contribution in [3.8, 4) is 67.5 Å². The highest BCUT2D eigenvalue weighted by Crippen LogP contribution is 2.42. The van der Waals surface area contributed by atoms with E-state index in [0.717, 1.165) is 77.4 Å². The smallest absolute Gasteiger partial charge is 0.164 e. The molecule has 0 aliphatic carbocycles. The van der Waals surface area contributed by atoms with Crippen molar-refractivity contribution in [1.82, 2.24) is 15.0 Å². The number of fused-ring (bicyclic) bond motifs is 8. The third-order valence-electron chi connectivity index (χ3n) is 10.9. The molecule has 2 aromatic heterocycles. The monoisotopic (exact) mass is 727 g/mol. The van der Waals surface area contributed by atoms with Gasteiger partial charge in [0, 0.05) is 32.8 Å². The van der Waals surface area contributed by atoms with E-state index in [1.165, 1.54) is 16.2 Å². The van der Waals surface area contributed by atoms with Gasteiger partial charge in [-0.05, 0) is 79.9 Å². The molecule has 11 aromatic rings. The molecule has 0 aliphatic rings. The Labute approximate surface area is 329 Å². The average Bonchev–Trinajstić information content (AvgIpc) is 3.69. The number of rotatable bonds is 6. The fourth-order valence-corrected chi connectivity index (χ4v) is 8.12. The van der Waals surface area contributed by atoms with Crippen LogP contribution in [0.25, 0.3) is 111 Å². The molecule has 0 aliphatic heterocycles. The van der Waals surface area contributed by atoms with Crippen molar-refractivity contribution in [2.75, 3.05) is 0 Å². The quantitative estimate of drug-likeness (QED) is 0.160. The lowest BCUT2D eigenvalue weighted by Gasteiger charge is -2.11. The van der Waals surface area contributed by atoms with E-state index in [1.807, 2.05) is 60.7 Å². The summed E-state index contributed by atoms with van der Waals surface area (Å²) in [7, 11) is 0. The molecule has 0 atom stereocenters. The molecule has 0 amide bonds. The minimum absolute atomic E-state index is 0.636. The van der Waals surface area contributed by atoms with Crippen LogP contribution in [-0.4, -0.2) is 15.0 Å². The average molecular weight is 728 g/mol. The molecule has 0 unspecified atom stereocenters. The van der Waals surface area contributed by atoms with Crippen molar-refractivity contribution in [2.24, 2.45) is 0 Å². The predicted molar refractivity (Wildman–Crippen MR) is 235 cm³/mol. The first kappa shape index (κ1) is 32.7. The fourth-order valence-electron chi connectivity index (χ4n) is 8.12. The van der Waals surface area contributed by atoms with Crippen LogP contribution in [0.5, 0.6) is 0 Å². The van der Waals surface area contributed by atoms with Gasteiger partial charge < -0.3 is 4.42 Å². The van der Waals surface area contributed by atoms with Gasteiger partial charge in [-0.1, -0.05) is 170 Å². The van der Waals surface area contributed by atoms with Gasteiger partial charge in [0.25, 0.3) is 0 Å². The van der Waals surface area contributed by atoms with E-state index >= 15 is 0 Å². The van der Waals surface area contributed by atoms with Crippen LogP contribution in [-0.2, 0) is 0 Å². The van der Waals surface area contributed by atoms with Crippen molar-refractivity contribution in [3.63, 3.8) is 0 Å². The normalized spacial score (nSPS) is 11.5. The SMILES string of the molecule is c1ccc(-c2nc(-c3ccccc3)nc(-c3cccc(-c4cccc(-c5cccc(-c6ccc7oc8c9ccccc9c9ccccc9c8c7c6)c5)c4)c3)n2)cc1. The van der Waals surface area contributed by atoms with Gasteiger partial charge in [-0.3, -0.25) is 0 Å². The van der Waals surface area contributed by atoms with E-state index in [2.05, 4.69) is 140 Å². The molecular weight excluding hydrogens is 695 g/mol. The number of hydrogen-bond donors (Lipinski definition) is 0. The molecule has 0 saturated heterocycles. The van der Waals surface area contributed by atoms with Crippen LogP contribution < -0.4 is 0 Å². The highest BCUT2D eigenvalue weighted by atomic mass is 16.3. The summed E-state index contributed by atoms with van der Waals surface area (Å²) in [6, 6.07) is 70.0. The first-order chi connectivity index (χ1) is 28.2. The van der Waals surface area contributed by atoms with Gasteiger partial charge in [0.05, 0.1) is 0 Å². The second kappa shape index (κ2) is 13.6. The Hall–Kier alpha value is -7.69. The van der Waals surface area contributed by atoms with Crippen molar-refractivity contribution in [3.05, 3.63) is 200 Å². The molecule has 0 spiro atoms. The number of nitrogens with zero attached hydrogens (tertiary/aromatic N) is 3. The Balaban J connectivity index is 0.965. The lowest BCUT2D eigenvalue weighted by Crippen LogP contribution is -2.00. The molecule has 0 saturated carbocycles. The summed E-state index contributed by atoms with van der Waals surface area (Å²) < 4.78 is 6.59. The summed E-state index contributed by atoms with van der Waals surface area (Å²) in [5, 5.41) is 7.09. The number of furan rings is 1. The van der Waals surface area contributed by atoms with Gasteiger partial charge in [-0.2, -0.15) is 0 Å². The van der Waals surface area contributed by atoms with Gasteiger partial charge >= 0.3 is 0 Å². The van der Waals surface area contributed by atoms with Gasteiger partial charge in [-0.25, -0.2) is 15.0 Å². The lowest BCUT2D eigenvalue weighted by molar-refractivity contribution is 0.673. The molecule has 266 valence electrons. The molecule has 9 aromatic carbocycles. The van der Waals surface area contributed by atoms with Gasteiger partial charge in [0.1, 0.15) is 11.2 Å². The first-order valence-corrected chi connectivity index (χ1v) is 19.2. The molecule has 0 radical (unpaired) electrons. The van der Waals surface area contributed by atoms with E-state index in [9.17, 15) is 0 Å². The Morgan fingerprint density at radius 1 is 0.263 bits per heavy atom. The fraction of sp³-hybridized carbons (Fsp3) is 0. The van der Waals surface area contributed by atoms with Crippen LogP contribution in [0.3, 0.4) is 0 Å². The number of aromatic nitrogens is 3. The van der Waals surface area contributed by atoms with E-state index in [4.69, 9.17) is 19.4 Å². The second-order valence-electron chi connectivity index (χ2n) is 14.4. The topological polar surface area (TPSA) is 51.8 Å². The summed E-state index contributed by atoms with van der Waals surface area (Å²) in [6.07, 6.45) is 0. The second-order valence-corrected chi connectivity index (χ2v) is 14.4. The van der Waals surface area contributed by atoms with Crippen LogP contribution in [0.1, 0.15) is 0 Å². The number of hydrogen-bond acceptors (Lipinski definition) is 4. The molecule has 2 heterocycles. The molecule has 0 N–H and O–H groups in total. The van der Waals surface area contributed by atoms with Crippen LogP contribution in [0, 0.1) is 0 Å². The lowest BCUT2D eigenvalue weighted by atomic mass is 9.94. The van der Waals surface area contributed by atoms with Gasteiger partial charge in [-0.15, -0.1) is 0 Å². The largest absolute Gasteiger partial charge is 0.455 e. The van der Waals surface area contributed by atoms with Crippen molar-refractivity contribution in [2.45, 2.75) is 0 Å². The summed E-state index contributed by atoms with van der Waals surface area (Å²) in [5.74, 6) is 1.93.